The summed E-state index contributed by atoms with van der Waals surface area (Å²) in [5.41, 5.74) is 0.847. The van der Waals surface area contributed by atoms with Crippen LogP contribution in [0.2, 0.25) is 0 Å². The number of carbonyl (C=O) groups is 5. The van der Waals surface area contributed by atoms with E-state index in [1.54, 1.807) is 6.92 Å². The smallest absolute Gasteiger partial charge is 0.404 e. The number of aliphatic hydroxyl groups is 1. The zero-order valence-corrected chi connectivity index (χ0v) is 29.6. The number of nitrogens with one attached hydrogen (secondary N) is 5. The highest BCUT2D eigenvalue weighted by Crippen LogP contribution is 2.19. The number of aryl methyl sites for hydroxylation is 1. The van der Waals surface area contributed by atoms with Crippen LogP contribution in [0.5, 0.6) is 0 Å². The molecule has 1 rings (SSSR count). The van der Waals surface area contributed by atoms with Crippen molar-refractivity contribution in [2.45, 2.75) is 112 Å². The second-order valence-corrected chi connectivity index (χ2v) is 14.2. The molecule has 262 valence electrons. The Morgan fingerprint density at radius 2 is 1.48 bits per heavy atom. The molecule has 13 nitrogen and oxygen atoms in total. The van der Waals surface area contributed by atoms with Crippen molar-refractivity contribution < 1.29 is 34.2 Å². The molecular formula is C32H56N6O7S. The molecule has 6 atom stereocenters. The van der Waals surface area contributed by atoms with E-state index in [1.807, 2.05) is 60.8 Å². The SMILES string of the molecule is CC[C@H](C[C@@H](O)[C@H](CC(C)C)NC(=O)[C@H](CNC(=O)O)NC(=O)[C@@H](C)Cc1nc(C)cs1)C(=O)N[C@H](C(=O)NCC(C)C)C(C)C. The average molecular weight is 669 g/mol. The lowest BCUT2D eigenvalue weighted by Gasteiger charge is -2.31. The Kier molecular flexibility index (Phi) is 17.8. The van der Waals surface area contributed by atoms with Crippen LogP contribution in [0.15, 0.2) is 5.38 Å². The normalized spacial score (nSPS) is 15.4. The van der Waals surface area contributed by atoms with Gasteiger partial charge < -0.3 is 36.8 Å². The van der Waals surface area contributed by atoms with Gasteiger partial charge >= 0.3 is 6.09 Å². The number of carbonyl (C=O) groups excluding carboxylic acids is 4. The predicted molar refractivity (Wildman–Crippen MR) is 178 cm³/mol. The summed E-state index contributed by atoms with van der Waals surface area (Å²) >= 11 is 1.43. The minimum atomic E-state index is -1.36. The fourth-order valence-corrected chi connectivity index (χ4v) is 5.70. The second kappa shape index (κ2) is 20.1. The predicted octanol–water partition coefficient (Wildman–Crippen LogP) is 2.60. The van der Waals surface area contributed by atoms with E-state index in [2.05, 4.69) is 31.6 Å². The minimum absolute atomic E-state index is 0.0209. The highest BCUT2D eigenvalue weighted by molar-refractivity contribution is 7.09. The van der Waals surface area contributed by atoms with E-state index in [4.69, 9.17) is 0 Å². The number of thiazole rings is 1. The molecule has 1 aromatic heterocycles. The molecule has 0 aliphatic rings. The van der Waals surface area contributed by atoms with Crippen LogP contribution in [0.1, 0.15) is 85.4 Å². The van der Waals surface area contributed by atoms with Gasteiger partial charge in [-0.2, -0.15) is 0 Å². The Balaban J connectivity index is 3.04. The third-order valence-corrected chi connectivity index (χ3v) is 8.51. The molecule has 0 fully saturated rings. The highest BCUT2D eigenvalue weighted by atomic mass is 32.1. The van der Waals surface area contributed by atoms with Crippen molar-refractivity contribution >= 4 is 41.1 Å². The third kappa shape index (κ3) is 14.9. The van der Waals surface area contributed by atoms with Crippen LogP contribution in [0.4, 0.5) is 4.79 Å². The number of aliphatic hydroxyl groups excluding tert-OH is 1. The van der Waals surface area contributed by atoms with Gasteiger partial charge in [-0.25, -0.2) is 9.78 Å². The van der Waals surface area contributed by atoms with Crippen molar-refractivity contribution in [1.29, 1.82) is 0 Å². The first-order chi connectivity index (χ1) is 21.4. The van der Waals surface area contributed by atoms with Crippen LogP contribution in [0, 0.1) is 36.5 Å². The van der Waals surface area contributed by atoms with Crippen molar-refractivity contribution in [3.05, 3.63) is 16.1 Å². The van der Waals surface area contributed by atoms with Crippen molar-refractivity contribution in [3.63, 3.8) is 0 Å². The van der Waals surface area contributed by atoms with E-state index in [-0.39, 0.29) is 42.5 Å². The number of rotatable bonds is 20. The van der Waals surface area contributed by atoms with Gasteiger partial charge in [0.05, 0.1) is 23.7 Å². The standard InChI is InChI=1S/C32H56N6O7S/c1-10-22(29(41)38-27(19(6)7)31(43)33-14-18(4)5)13-25(39)23(11-17(2)3)36-30(42)24(15-34-32(44)45)37-28(40)20(8)12-26-35-21(9)16-46-26/h16-20,22-25,27,34,39H,10-15H2,1-9H3,(H,33,43)(H,36,42)(H,37,40)(H,38,41)(H,44,45)/t20-,22+,23-,24-,25+,27-/m0/s1. The molecular weight excluding hydrogens is 612 g/mol. The van der Waals surface area contributed by atoms with E-state index < -0.39 is 54.0 Å². The lowest BCUT2D eigenvalue weighted by molar-refractivity contribution is -0.133. The average Bonchev–Trinajstić information content (AvgIpc) is 3.37. The zero-order valence-electron chi connectivity index (χ0n) is 28.8. The number of nitrogens with zero attached hydrogens (tertiary/aromatic N) is 1. The van der Waals surface area contributed by atoms with E-state index in [1.165, 1.54) is 11.3 Å². The van der Waals surface area contributed by atoms with E-state index in [0.717, 1.165) is 10.7 Å². The lowest BCUT2D eigenvalue weighted by atomic mass is 9.89. The van der Waals surface area contributed by atoms with E-state index in [0.29, 0.717) is 25.8 Å². The largest absolute Gasteiger partial charge is 0.465 e. The van der Waals surface area contributed by atoms with Crippen molar-refractivity contribution in [2.75, 3.05) is 13.1 Å². The fraction of sp³-hybridized carbons (Fsp3) is 0.750. The Morgan fingerprint density at radius 3 is 1.98 bits per heavy atom. The summed E-state index contributed by atoms with van der Waals surface area (Å²) in [6.45, 7) is 17.0. The molecule has 0 saturated carbocycles. The van der Waals surface area contributed by atoms with Crippen LogP contribution < -0.4 is 26.6 Å². The topological polar surface area (TPSA) is 199 Å². The molecule has 14 heteroatoms. The first kappa shape index (κ1) is 40.8. The van der Waals surface area contributed by atoms with Crippen molar-refractivity contribution in [2.24, 2.45) is 29.6 Å². The number of carboxylic acid groups (broad SMARTS) is 1. The van der Waals surface area contributed by atoms with Crippen LogP contribution in [-0.4, -0.2) is 82.2 Å². The Labute approximate surface area is 277 Å². The molecule has 7 N–H and O–H groups in total. The summed E-state index contributed by atoms with van der Waals surface area (Å²) < 4.78 is 0. The number of amides is 5. The highest BCUT2D eigenvalue weighted by Gasteiger charge is 2.33. The van der Waals surface area contributed by atoms with Gasteiger partial charge in [-0.05, 0) is 43.9 Å². The lowest BCUT2D eigenvalue weighted by Crippen LogP contribution is -2.57. The quantitative estimate of drug-likeness (QED) is 0.110. The minimum Gasteiger partial charge on any atom is -0.465 e. The molecule has 1 aromatic rings. The maximum Gasteiger partial charge on any atom is 0.404 e. The van der Waals surface area contributed by atoms with Gasteiger partial charge in [0.1, 0.15) is 12.1 Å². The van der Waals surface area contributed by atoms with Gasteiger partial charge in [-0.1, -0.05) is 55.4 Å². The van der Waals surface area contributed by atoms with Crippen LogP contribution in [-0.2, 0) is 25.6 Å². The molecule has 1 heterocycles. The molecule has 46 heavy (non-hydrogen) atoms. The summed E-state index contributed by atoms with van der Waals surface area (Å²) in [6.07, 6.45) is -1.35. The molecule has 0 aliphatic heterocycles. The van der Waals surface area contributed by atoms with Gasteiger partial charge in [0, 0.05) is 35.9 Å². The first-order valence-corrected chi connectivity index (χ1v) is 17.1. The molecule has 5 amide bonds. The van der Waals surface area contributed by atoms with E-state index in [9.17, 15) is 34.2 Å². The Morgan fingerprint density at radius 1 is 0.826 bits per heavy atom. The fourth-order valence-electron chi connectivity index (χ4n) is 4.80. The Bertz CT molecular complexity index is 1140. The summed E-state index contributed by atoms with van der Waals surface area (Å²) in [7, 11) is 0. The monoisotopic (exact) mass is 668 g/mol. The molecule has 0 bridgehead atoms. The number of aromatic nitrogens is 1. The molecule has 0 saturated heterocycles. The Hall–Kier alpha value is -3.26. The van der Waals surface area contributed by atoms with Gasteiger partial charge in [0.15, 0.2) is 0 Å². The molecule has 0 aromatic carbocycles. The third-order valence-electron chi connectivity index (χ3n) is 7.52. The summed E-state index contributed by atoms with van der Waals surface area (Å²) in [5, 5.41) is 36.5. The van der Waals surface area contributed by atoms with Crippen LogP contribution in [0.3, 0.4) is 0 Å². The van der Waals surface area contributed by atoms with Crippen molar-refractivity contribution in [3.8, 4) is 0 Å². The summed E-state index contributed by atoms with van der Waals surface area (Å²) in [4.78, 5) is 68.2. The van der Waals surface area contributed by atoms with Gasteiger partial charge in [0.2, 0.25) is 23.6 Å². The number of hydrogen-bond donors (Lipinski definition) is 7. The summed E-state index contributed by atoms with van der Waals surface area (Å²) in [5.74, 6) is -2.77. The first-order valence-electron chi connectivity index (χ1n) is 16.2. The van der Waals surface area contributed by atoms with Crippen LogP contribution in [0.25, 0.3) is 0 Å². The molecule has 0 aliphatic carbocycles. The summed E-state index contributed by atoms with van der Waals surface area (Å²) in [6, 6.07) is -2.77. The van der Waals surface area contributed by atoms with Crippen LogP contribution >= 0.6 is 11.3 Å². The molecule has 0 spiro atoms. The van der Waals surface area contributed by atoms with Gasteiger partial charge in [0.25, 0.3) is 0 Å². The second-order valence-electron chi connectivity index (χ2n) is 13.3. The van der Waals surface area contributed by atoms with Gasteiger partial charge in [-0.15, -0.1) is 11.3 Å². The zero-order chi connectivity index (χ0) is 35.1. The maximum atomic E-state index is 13.5. The van der Waals surface area contributed by atoms with Gasteiger partial charge in [-0.3, -0.25) is 19.2 Å². The number of hydrogen-bond acceptors (Lipinski definition) is 8. The van der Waals surface area contributed by atoms with E-state index >= 15 is 0 Å². The maximum absolute atomic E-state index is 13.5. The van der Waals surface area contributed by atoms with Crippen molar-refractivity contribution in [1.82, 2.24) is 31.6 Å². The molecule has 0 radical (unpaired) electrons. The molecule has 0 unspecified atom stereocenters.